The van der Waals surface area contributed by atoms with Crippen molar-refractivity contribution >= 4 is 11.8 Å². The summed E-state index contributed by atoms with van der Waals surface area (Å²) in [6.07, 6.45) is 0.985. The molecule has 0 spiro atoms. The van der Waals surface area contributed by atoms with E-state index in [0.29, 0.717) is 25.9 Å². The third kappa shape index (κ3) is 4.35. The van der Waals surface area contributed by atoms with Crippen LogP contribution in [0.15, 0.2) is 48.5 Å². The van der Waals surface area contributed by atoms with E-state index in [1.807, 2.05) is 67.3 Å². The van der Waals surface area contributed by atoms with Gasteiger partial charge in [0, 0.05) is 19.5 Å². The lowest BCUT2D eigenvalue weighted by molar-refractivity contribution is -0.143. The number of carbonyl (C=O) groups is 2. The van der Waals surface area contributed by atoms with Gasteiger partial charge in [0.05, 0.1) is 19.1 Å². The third-order valence-corrected chi connectivity index (χ3v) is 5.43. The highest BCUT2D eigenvalue weighted by Gasteiger charge is 2.39. The maximum absolute atomic E-state index is 13.0. The Morgan fingerprint density at radius 3 is 2.43 bits per heavy atom. The zero-order valence-corrected chi connectivity index (χ0v) is 16.8. The first-order valence-electron chi connectivity index (χ1n) is 9.80. The molecule has 1 fully saturated rings. The molecule has 2 aromatic rings. The molecule has 148 valence electrons. The van der Waals surface area contributed by atoms with Gasteiger partial charge < -0.3 is 15.0 Å². The average molecular weight is 380 g/mol. The number of ether oxygens (including phenoxy) is 1. The van der Waals surface area contributed by atoms with E-state index in [9.17, 15) is 9.59 Å². The van der Waals surface area contributed by atoms with Crippen molar-refractivity contribution in [1.82, 2.24) is 10.2 Å². The van der Waals surface area contributed by atoms with Crippen molar-refractivity contribution in [3.05, 3.63) is 65.2 Å². The molecule has 0 unspecified atom stereocenters. The van der Waals surface area contributed by atoms with Crippen LogP contribution in [0.3, 0.4) is 0 Å². The first kappa shape index (κ1) is 19.9. The maximum Gasteiger partial charge on any atom is 0.225 e. The van der Waals surface area contributed by atoms with E-state index in [-0.39, 0.29) is 23.8 Å². The molecular weight excluding hydrogens is 352 g/mol. The molecule has 0 bridgehead atoms. The lowest BCUT2D eigenvalue weighted by Gasteiger charge is -2.40. The topological polar surface area (TPSA) is 58.6 Å². The molecule has 1 aliphatic rings. The number of nitrogens with one attached hydrogen (secondary N) is 1. The molecule has 5 heteroatoms. The van der Waals surface area contributed by atoms with Gasteiger partial charge in [-0.2, -0.15) is 0 Å². The number of carbonyl (C=O) groups excluding carboxylic acids is 2. The Morgan fingerprint density at radius 2 is 1.82 bits per heavy atom. The van der Waals surface area contributed by atoms with Crippen LogP contribution in [0.25, 0.3) is 0 Å². The van der Waals surface area contributed by atoms with Crippen LogP contribution in [0, 0.1) is 12.8 Å². The Balaban J connectivity index is 1.77. The Kier molecular flexibility index (Phi) is 6.34. The van der Waals surface area contributed by atoms with Crippen molar-refractivity contribution in [1.29, 1.82) is 0 Å². The molecule has 0 aliphatic carbocycles. The van der Waals surface area contributed by atoms with Gasteiger partial charge in [-0.15, -0.1) is 0 Å². The number of benzene rings is 2. The quantitative estimate of drug-likeness (QED) is 0.833. The predicted molar refractivity (Wildman–Crippen MR) is 109 cm³/mol. The summed E-state index contributed by atoms with van der Waals surface area (Å²) < 4.78 is 5.17. The number of amides is 2. The van der Waals surface area contributed by atoms with E-state index < -0.39 is 0 Å². The SMILES string of the molecule is CCN1C(=O)CC[C@@H](C(=O)NCc2ccc(OC)cc2)[C@@H]1c1ccc(C)cc1. The summed E-state index contributed by atoms with van der Waals surface area (Å²) in [5.41, 5.74) is 3.19. The Labute approximate surface area is 166 Å². The second kappa shape index (κ2) is 8.91. The number of piperidine rings is 1. The highest BCUT2D eigenvalue weighted by Crippen LogP contribution is 2.37. The molecule has 2 amide bonds. The van der Waals surface area contributed by atoms with Crippen LogP contribution >= 0.6 is 0 Å². The van der Waals surface area contributed by atoms with Gasteiger partial charge in [0.25, 0.3) is 0 Å². The van der Waals surface area contributed by atoms with Gasteiger partial charge >= 0.3 is 0 Å². The van der Waals surface area contributed by atoms with Crippen molar-refractivity contribution < 1.29 is 14.3 Å². The Bertz CT molecular complexity index is 815. The molecule has 0 aromatic heterocycles. The zero-order chi connectivity index (χ0) is 20.1. The Morgan fingerprint density at radius 1 is 1.14 bits per heavy atom. The minimum absolute atomic E-state index is 0.00709. The highest BCUT2D eigenvalue weighted by molar-refractivity contribution is 5.85. The van der Waals surface area contributed by atoms with Crippen LogP contribution in [0.5, 0.6) is 5.75 Å². The van der Waals surface area contributed by atoms with E-state index in [1.54, 1.807) is 7.11 Å². The minimum Gasteiger partial charge on any atom is -0.497 e. The number of hydrogen-bond donors (Lipinski definition) is 1. The fourth-order valence-corrected chi connectivity index (χ4v) is 3.84. The van der Waals surface area contributed by atoms with E-state index in [2.05, 4.69) is 5.32 Å². The number of aryl methyl sites for hydroxylation is 1. The van der Waals surface area contributed by atoms with Crippen LogP contribution < -0.4 is 10.1 Å². The van der Waals surface area contributed by atoms with E-state index in [1.165, 1.54) is 0 Å². The smallest absolute Gasteiger partial charge is 0.225 e. The van der Waals surface area contributed by atoms with Crippen molar-refractivity contribution in [2.45, 2.75) is 39.3 Å². The van der Waals surface area contributed by atoms with E-state index in [4.69, 9.17) is 4.74 Å². The van der Waals surface area contributed by atoms with Crippen molar-refractivity contribution in [2.24, 2.45) is 5.92 Å². The van der Waals surface area contributed by atoms with Gasteiger partial charge in [0.2, 0.25) is 11.8 Å². The van der Waals surface area contributed by atoms with Gasteiger partial charge in [0.15, 0.2) is 0 Å². The van der Waals surface area contributed by atoms with Gasteiger partial charge in [-0.05, 0) is 43.5 Å². The van der Waals surface area contributed by atoms with Crippen LogP contribution in [-0.2, 0) is 16.1 Å². The molecular formula is C23H28N2O3. The summed E-state index contributed by atoms with van der Waals surface area (Å²) in [4.78, 5) is 27.3. The molecule has 28 heavy (non-hydrogen) atoms. The summed E-state index contributed by atoms with van der Waals surface area (Å²) in [6, 6.07) is 15.6. The van der Waals surface area contributed by atoms with Crippen molar-refractivity contribution in [3.8, 4) is 5.75 Å². The number of hydrogen-bond acceptors (Lipinski definition) is 3. The monoisotopic (exact) mass is 380 g/mol. The van der Waals surface area contributed by atoms with Crippen molar-refractivity contribution in [3.63, 3.8) is 0 Å². The maximum atomic E-state index is 13.0. The molecule has 2 atom stereocenters. The largest absolute Gasteiger partial charge is 0.497 e. The van der Waals surface area contributed by atoms with Gasteiger partial charge in [-0.25, -0.2) is 0 Å². The predicted octanol–water partition coefficient (Wildman–Crippen LogP) is 3.62. The first-order chi connectivity index (χ1) is 13.5. The van der Waals surface area contributed by atoms with Gasteiger partial charge in [-0.1, -0.05) is 42.0 Å². The van der Waals surface area contributed by atoms with Crippen LogP contribution in [0.4, 0.5) is 0 Å². The summed E-state index contributed by atoms with van der Waals surface area (Å²) in [5, 5.41) is 3.06. The summed E-state index contributed by atoms with van der Waals surface area (Å²) in [5.74, 6) is 0.650. The number of methoxy groups -OCH3 is 1. The Hall–Kier alpha value is -2.82. The zero-order valence-electron chi connectivity index (χ0n) is 16.8. The lowest BCUT2D eigenvalue weighted by Crippen LogP contribution is -2.47. The molecule has 1 heterocycles. The molecule has 1 aliphatic heterocycles. The first-order valence-corrected chi connectivity index (χ1v) is 9.80. The number of rotatable bonds is 6. The molecule has 0 radical (unpaired) electrons. The van der Waals surface area contributed by atoms with E-state index in [0.717, 1.165) is 22.4 Å². The third-order valence-electron chi connectivity index (χ3n) is 5.43. The van der Waals surface area contributed by atoms with Gasteiger partial charge in [0.1, 0.15) is 5.75 Å². The fourth-order valence-electron chi connectivity index (χ4n) is 3.84. The summed E-state index contributed by atoms with van der Waals surface area (Å²) >= 11 is 0. The second-order valence-corrected chi connectivity index (χ2v) is 7.25. The van der Waals surface area contributed by atoms with Crippen molar-refractivity contribution in [2.75, 3.05) is 13.7 Å². The highest BCUT2D eigenvalue weighted by atomic mass is 16.5. The average Bonchev–Trinajstić information content (AvgIpc) is 2.72. The normalized spacial score (nSPS) is 19.4. The van der Waals surface area contributed by atoms with Crippen LogP contribution in [-0.4, -0.2) is 30.4 Å². The standard InChI is InChI=1S/C23H28N2O3/c1-4-25-21(26)14-13-20(22(25)18-9-5-16(2)6-10-18)23(27)24-15-17-7-11-19(28-3)12-8-17/h5-12,20,22H,4,13-15H2,1-3H3,(H,24,27)/t20-,22+/m1/s1. The minimum atomic E-state index is -0.251. The molecule has 3 rings (SSSR count). The van der Waals surface area contributed by atoms with Crippen LogP contribution in [0.1, 0.15) is 42.5 Å². The molecule has 5 nitrogen and oxygen atoms in total. The van der Waals surface area contributed by atoms with Crippen LogP contribution in [0.2, 0.25) is 0 Å². The second-order valence-electron chi connectivity index (χ2n) is 7.25. The number of likely N-dealkylation sites (tertiary alicyclic amines) is 1. The molecule has 1 N–H and O–H groups in total. The molecule has 0 saturated carbocycles. The lowest BCUT2D eigenvalue weighted by atomic mass is 9.83. The molecule has 1 saturated heterocycles. The summed E-state index contributed by atoms with van der Waals surface area (Å²) in [7, 11) is 1.63. The van der Waals surface area contributed by atoms with E-state index >= 15 is 0 Å². The summed E-state index contributed by atoms with van der Waals surface area (Å²) in [6.45, 7) is 5.06. The number of nitrogens with zero attached hydrogens (tertiary/aromatic N) is 1. The molecule has 2 aromatic carbocycles. The van der Waals surface area contributed by atoms with Gasteiger partial charge in [-0.3, -0.25) is 9.59 Å². The fraction of sp³-hybridized carbons (Fsp3) is 0.391.